The van der Waals surface area contributed by atoms with Gasteiger partial charge in [0.15, 0.2) is 0 Å². The molecule has 0 amide bonds. The van der Waals surface area contributed by atoms with Crippen LogP contribution < -0.4 is 9.47 Å². The molecule has 0 aromatic heterocycles. The summed E-state index contributed by atoms with van der Waals surface area (Å²) in [5, 5.41) is 0. The maximum absolute atomic E-state index is 11.9. The molecule has 0 aliphatic carbocycles. The molecule has 0 unspecified atom stereocenters. The number of benzene rings is 1. The van der Waals surface area contributed by atoms with Crippen molar-refractivity contribution in [1.82, 2.24) is 0 Å². The fraction of sp³-hybridized carbons (Fsp3) is 0.500. The Labute approximate surface area is 118 Å². The van der Waals surface area contributed by atoms with Crippen LogP contribution in [0.15, 0.2) is 24.3 Å². The Morgan fingerprint density at radius 3 is 2.11 bits per heavy atom. The topological polar surface area (TPSA) is 18.5 Å². The van der Waals surface area contributed by atoms with Crippen molar-refractivity contribution in [2.24, 2.45) is 0 Å². The monoisotopic (exact) mass is 374 g/mol. The van der Waals surface area contributed by atoms with Gasteiger partial charge in [0.1, 0.15) is 11.5 Å². The summed E-state index contributed by atoms with van der Waals surface area (Å²) >= 11 is 2.32. The van der Waals surface area contributed by atoms with Crippen LogP contribution in [0.25, 0.3) is 0 Å². The van der Waals surface area contributed by atoms with Crippen LogP contribution >= 0.6 is 22.6 Å². The smallest absolute Gasteiger partial charge is 0.494 e. The Bertz CT molecular complexity index is 338. The highest BCUT2D eigenvalue weighted by Crippen LogP contribution is 2.24. The van der Waals surface area contributed by atoms with Gasteiger partial charge in [-0.25, -0.2) is 0 Å². The molecule has 0 N–H and O–H groups in total. The zero-order valence-corrected chi connectivity index (χ0v) is 11.8. The van der Waals surface area contributed by atoms with Crippen molar-refractivity contribution >= 4 is 22.6 Å². The van der Waals surface area contributed by atoms with E-state index in [2.05, 4.69) is 27.3 Å². The van der Waals surface area contributed by atoms with Gasteiger partial charge in [0.25, 0.3) is 0 Å². The van der Waals surface area contributed by atoms with E-state index in [1.807, 2.05) is 0 Å². The minimum Gasteiger partial charge on any atom is -0.494 e. The van der Waals surface area contributed by atoms with Gasteiger partial charge < -0.3 is 9.47 Å². The summed E-state index contributed by atoms with van der Waals surface area (Å²) in [5.74, 6) is 0.318. The van der Waals surface area contributed by atoms with E-state index in [9.17, 15) is 13.2 Å². The van der Waals surface area contributed by atoms with Crippen LogP contribution in [0.2, 0.25) is 0 Å². The van der Waals surface area contributed by atoms with E-state index >= 15 is 0 Å². The minimum atomic E-state index is -4.65. The highest BCUT2D eigenvalue weighted by atomic mass is 127. The fourth-order valence-corrected chi connectivity index (χ4v) is 1.84. The van der Waals surface area contributed by atoms with Crippen molar-refractivity contribution in [3.05, 3.63) is 24.3 Å². The molecule has 0 saturated heterocycles. The van der Waals surface area contributed by atoms with Gasteiger partial charge in [0.05, 0.1) is 6.61 Å². The van der Waals surface area contributed by atoms with E-state index in [1.165, 1.54) is 24.3 Å². The minimum absolute atomic E-state index is 0.236. The third kappa shape index (κ3) is 6.93. The van der Waals surface area contributed by atoms with E-state index in [0.29, 0.717) is 12.4 Å². The summed E-state index contributed by atoms with van der Waals surface area (Å²) in [4.78, 5) is 0. The Balaban J connectivity index is 2.32. The van der Waals surface area contributed by atoms with Crippen LogP contribution in [0.3, 0.4) is 0 Å². The normalized spacial score (nSPS) is 11.3. The van der Waals surface area contributed by atoms with Crippen molar-refractivity contribution in [3.63, 3.8) is 0 Å². The summed E-state index contributed by atoms with van der Waals surface area (Å²) in [7, 11) is 0. The van der Waals surface area contributed by atoms with Crippen LogP contribution in [0.5, 0.6) is 11.5 Å². The molecule has 0 saturated carbocycles. The first kappa shape index (κ1) is 15.4. The summed E-state index contributed by atoms with van der Waals surface area (Å²) in [6.07, 6.45) is -1.45. The molecule has 0 fully saturated rings. The molecule has 2 nitrogen and oxygen atoms in total. The Morgan fingerprint density at radius 2 is 1.56 bits per heavy atom. The SMILES string of the molecule is FC(F)(F)Oc1ccc(OCCCCCI)cc1. The van der Waals surface area contributed by atoms with Gasteiger partial charge in [0.2, 0.25) is 0 Å². The number of hydrogen-bond donors (Lipinski definition) is 0. The largest absolute Gasteiger partial charge is 0.573 e. The lowest BCUT2D eigenvalue weighted by molar-refractivity contribution is -0.274. The predicted octanol–water partition coefficient (Wildman–Crippen LogP) is 4.57. The van der Waals surface area contributed by atoms with Gasteiger partial charge in [-0.3, -0.25) is 0 Å². The molecule has 1 aromatic carbocycles. The molecular weight excluding hydrogens is 360 g/mol. The van der Waals surface area contributed by atoms with Crippen LogP contribution in [0.1, 0.15) is 19.3 Å². The van der Waals surface area contributed by atoms with E-state index in [-0.39, 0.29) is 5.75 Å². The Morgan fingerprint density at radius 1 is 0.944 bits per heavy atom. The molecule has 0 radical (unpaired) electrons. The van der Waals surface area contributed by atoms with Crippen LogP contribution in [0.4, 0.5) is 13.2 Å². The molecule has 0 aliphatic rings. The third-order valence-electron chi connectivity index (χ3n) is 2.10. The molecule has 0 aliphatic heterocycles. The zero-order chi connectivity index (χ0) is 13.4. The van der Waals surface area contributed by atoms with E-state index < -0.39 is 6.36 Å². The van der Waals surface area contributed by atoms with Crippen molar-refractivity contribution in [1.29, 1.82) is 0 Å². The van der Waals surface area contributed by atoms with Crippen molar-refractivity contribution < 1.29 is 22.6 Å². The maximum Gasteiger partial charge on any atom is 0.573 e. The second-order valence-electron chi connectivity index (χ2n) is 3.62. The first-order valence-electron chi connectivity index (χ1n) is 5.56. The fourth-order valence-electron chi connectivity index (χ4n) is 1.30. The second-order valence-corrected chi connectivity index (χ2v) is 4.70. The van der Waals surface area contributed by atoms with Crippen LogP contribution in [-0.2, 0) is 0 Å². The van der Waals surface area contributed by atoms with Gasteiger partial charge in [-0.1, -0.05) is 22.6 Å². The molecule has 0 bridgehead atoms. The lowest BCUT2D eigenvalue weighted by Gasteiger charge is -2.10. The summed E-state index contributed by atoms with van der Waals surface area (Å²) in [6, 6.07) is 5.43. The quantitative estimate of drug-likeness (QED) is 0.396. The van der Waals surface area contributed by atoms with Crippen LogP contribution in [-0.4, -0.2) is 17.4 Å². The zero-order valence-electron chi connectivity index (χ0n) is 9.67. The molecule has 102 valence electrons. The predicted molar refractivity (Wildman–Crippen MR) is 71.4 cm³/mol. The van der Waals surface area contributed by atoms with Gasteiger partial charge in [-0.15, -0.1) is 13.2 Å². The molecule has 0 atom stereocenters. The van der Waals surface area contributed by atoms with E-state index in [0.717, 1.165) is 23.7 Å². The molecule has 6 heteroatoms. The maximum atomic E-state index is 11.9. The van der Waals surface area contributed by atoms with E-state index in [1.54, 1.807) is 0 Å². The number of hydrogen-bond acceptors (Lipinski definition) is 2. The third-order valence-corrected chi connectivity index (χ3v) is 2.87. The first-order valence-corrected chi connectivity index (χ1v) is 7.08. The van der Waals surface area contributed by atoms with Gasteiger partial charge in [0, 0.05) is 0 Å². The highest BCUT2D eigenvalue weighted by molar-refractivity contribution is 14.1. The molecule has 18 heavy (non-hydrogen) atoms. The summed E-state index contributed by atoms with van der Waals surface area (Å²) in [5.41, 5.74) is 0. The summed E-state index contributed by atoms with van der Waals surface area (Å²) < 4.78 is 46.0. The number of rotatable bonds is 7. The Hall–Kier alpha value is -0.660. The lowest BCUT2D eigenvalue weighted by atomic mass is 10.3. The molecule has 0 spiro atoms. The number of alkyl halides is 4. The van der Waals surface area contributed by atoms with Gasteiger partial charge in [-0.2, -0.15) is 0 Å². The average molecular weight is 374 g/mol. The first-order chi connectivity index (χ1) is 8.51. The van der Waals surface area contributed by atoms with Gasteiger partial charge in [-0.05, 0) is 48.0 Å². The summed E-state index contributed by atoms with van der Waals surface area (Å²) in [6.45, 7) is 0.579. The Kier molecular flexibility index (Phi) is 6.59. The number of halogens is 4. The van der Waals surface area contributed by atoms with Gasteiger partial charge >= 0.3 is 6.36 Å². The lowest BCUT2D eigenvalue weighted by Crippen LogP contribution is -2.16. The standard InChI is InChI=1S/C12H14F3IO2/c13-12(14,15)18-11-6-4-10(5-7-11)17-9-3-1-2-8-16/h4-7H,1-3,8-9H2. The van der Waals surface area contributed by atoms with Crippen LogP contribution in [0, 0.1) is 0 Å². The number of unbranched alkanes of at least 4 members (excludes halogenated alkanes) is 2. The van der Waals surface area contributed by atoms with E-state index in [4.69, 9.17) is 4.74 Å². The molecule has 1 aromatic rings. The van der Waals surface area contributed by atoms with Crippen molar-refractivity contribution in [2.75, 3.05) is 11.0 Å². The van der Waals surface area contributed by atoms with Crippen molar-refractivity contribution in [2.45, 2.75) is 25.6 Å². The number of ether oxygens (including phenoxy) is 2. The average Bonchev–Trinajstić information content (AvgIpc) is 2.29. The van der Waals surface area contributed by atoms with Crippen molar-refractivity contribution in [3.8, 4) is 11.5 Å². The second kappa shape index (κ2) is 7.70. The molecule has 1 rings (SSSR count). The molecular formula is C12H14F3IO2. The molecule has 0 heterocycles. The highest BCUT2D eigenvalue weighted by Gasteiger charge is 2.30.